The molecular weight excluding hydrogens is 226 g/mol. The fraction of sp³-hybridized carbons (Fsp3) is 1.00. The molecule has 0 bridgehead atoms. The Morgan fingerprint density at radius 1 is 1.25 bits per heavy atom. The first kappa shape index (κ1) is 13.9. The highest BCUT2D eigenvalue weighted by atomic mass is 32.2. The molecule has 1 aliphatic rings. The Balaban J connectivity index is 2.66. The second kappa shape index (κ2) is 6.57. The summed E-state index contributed by atoms with van der Waals surface area (Å²) in [5.74, 6) is 0. The van der Waals surface area contributed by atoms with E-state index in [0.29, 0.717) is 6.54 Å². The normalized spacial score (nSPS) is 18.4. The topological polar surface area (TPSA) is 57.6 Å². The highest BCUT2D eigenvalue weighted by Crippen LogP contribution is 2.27. The van der Waals surface area contributed by atoms with Gasteiger partial charge in [-0.05, 0) is 19.3 Å². The minimum absolute atomic E-state index is 0.0876. The molecular formula is C11H23NO3S. The van der Waals surface area contributed by atoms with E-state index in [1.54, 1.807) is 0 Å². The zero-order chi connectivity index (χ0) is 12.0. The van der Waals surface area contributed by atoms with E-state index < -0.39 is 10.0 Å². The van der Waals surface area contributed by atoms with E-state index in [0.717, 1.165) is 38.5 Å². The van der Waals surface area contributed by atoms with Gasteiger partial charge < -0.3 is 5.11 Å². The summed E-state index contributed by atoms with van der Waals surface area (Å²) in [4.78, 5) is 0. The van der Waals surface area contributed by atoms with Crippen molar-refractivity contribution in [2.45, 2.75) is 50.7 Å². The Kier molecular flexibility index (Phi) is 5.72. The highest BCUT2D eigenvalue weighted by Gasteiger charge is 2.33. The van der Waals surface area contributed by atoms with Crippen molar-refractivity contribution in [3.8, 4) is 0 Å². The molecule has 4 nitrogen and oxygen atoms in total. The van der Waals surface area contributed by atoms with Gasteiger partial charge in [0.05, 0.1) is 11.9 Å². The highest BCUT2D eigenvalue weighted by molar-refractivity contribution is 7.89. The summed E-state index contributed by atoms with van der Waals surface area (Å²) in [6.45, 7) is 2.75. The maximum Gasteiger partial charge on any atom is 0.217 e. The second-order valence-corrected chi connectivity index (χ2v) is 6.64. The Morgan fingerprint density at radius 2 is 1.88 bits per heavy atom. The maximum atomic E-state index is 12.2. The SMILES string of the molecule is CCCCN(CCO)S(=O)(=O)C1CCCC1. The van der Waals surface area contributed by atoms with Crippen LogP contribution in [-0.2, 0) is 10.0 Å². The number of sulfonamides is 1. The van der Waals surface area contributed by atoms with Gasteiger partial charge in [-0.15, -0.1) is 0 Å². The van der Waals surface area contributed by atoms with E-state index in [9.17, 15) is 8.42 Å². The van der Waals surface area contributed by atoms with Crippen molar-refractivity contribution >= 4 is 10.0 Å². The standard InChI is InChI=1S/C11H23NO3S/c1-2-3-8-12(9-10-13)16(14,15)11-6-4-5-7-11/h11,13H,2-10H2,1H3. The van der Waals surface area contributed by atoms with Crippen LogP contribution in [0.2, 0.25) is 0 Å². The van der Waals surface area contributed by atoms with Crippen molar-refractivity contribution in [2.75, 3.05) is 19.7 Å². The molecule has 1 aliphatic carbocycles. The molecule has 0 aromatic heterocycles. The minimum Gasteiger partial charge on any atom is -0.395 e. The van der Waals surface area contributed by atoms with Crippen LogP contribution in [0.5, 0.6) is 0 Å². The summed E-state index contributed by atoms with van der Waals surface area (Å²) in [7, 11) is -3.16. The van der Waals surface area contributed by atoms with Gasteiger partial charge in [-0.3, -0.25) is 0 Å². The average Bonchev–Trinajstić information content (AvgIpc) is 2.77. The summed E-state index contributed by atoms with van der Waals surface area (Å²) in [6, 6.07) is 0. The smallest absolute Gasteiger partial charge is 0.217 e. The first-order valence-corrected chi connectivity index (χ1v) is 7.73. The molecule has 0 aliphatic heterocycles. The van der Waals surface area contributed by atoms with Crippen LogP contribution in [-0.4, -0.2) is 42.8 Å². The molecule has 96 valence electrons. The van der Waals surface area contributed by atoms with Crippen LogP contribution in [0.25, 0.3) is 0 Å². The van der Waals surface area contributed by atoms with E-state index >= 15 is 0 Å². The summed E-state index contributed by atoms with van der Waals surface area (Å²) in [5.41, 5.74) is 0. The van der Waals surface area contributed by atoms with Crippen molar-refractivity contribution < 1.29 is 13.5 Å². The molecule has 0 heterocycles. The molecule has 1 saturated carbocycles. The Hall–Kier alpha value is -0.130. The molecule has 1 rings (SSSR count). The molecule has 16 heavy (non-hydrogen) atoms. The lowest BCUT2D eigenvalue weighted by molar-refractivity contribution is 0.251. The van der Waals surface area contributed by atoms with Crippen molar-refractivity contribution in [3.63, 3.8) is 0 Å². The lowest BCUT2D eigenvalue weighted by atomic mass is 10.3. The van der Waals surface area contributed by atoms with E-state index in [1.807, 2.05) is 6.92 Å². The molecule has 0 saturated heterocycles. The Labute approximate surface area is 98.7 Å². The Bertz CT molecular complexity index is 284. The number of aliphatic hydroxyl groups is 1. The van der Waals surface area contributed by atoms with Gasteiger partial charge in [0.1, 0.15) is 0 Å². The van der Waals surface area contributed by atoms with Gasteiger partial charge in [0.15, 0.2) is 0 Å². The molecule has 1 fully saturated rings. The average molecular weight is 249 g/mol. The van der Waals surface area contributed by atoms with Crippen LogP contribution in [0.4, 0.5) is 0 Å². The number of aliphatic hydroxyl groups excluding tert-OH is 1. The predicted octanol–water partition coefficient (Wildman–Crippen LogP) is 1.35. The van der Waals surface area contributed by atoms with E-state index in [1.165, 1.54) is 4.31 Å². The van der Waals surface area contributed by atoms with Crippen LogP contribution in [0, 0.1) is 0 Å². The second-order valence-electron chi connectivity index (χ2n) is 4.43. The van der Waals surface area contributed by atoms with Gasteiger partial charge in [0, 0.05) is 13.1 Å². The van der Waals surface area contributed by atoms with Crippen LogP contribution in [0.1, 0.15) is 45.4 Å². The molecule has 1 N–H and O–H groups in total. The number of rotatable bonds is 7. The molecule has 0 radical (unpaired) electrons. The predicted molar refractivity (Wildman–Crippen MR) is 64.7 cm³/mol. The van der Waals surface area contributed by atoms with Crippen LogP contribution >= 0.6 is 0 Å². The summed E-state index contributed by atoms with van der Waals surface area (Å²) in [5, 5.41) is 8.74. The summed E-state index contributed by atoms with van der Waals surface area (Å²) in [6.07, 6.45) is 5.45. The third-order valence-corrected chi connectivity index (χ3v) is 5.59. The van der Waals surface area contributed by atoms with Crippen LogP contribution in [0.3, 0.4) is 0 Å². The molecule has 0 amide bonds. The van der Waals surface area contributed by atoms with Gasteiger partial charge in [0.25, 0.3) is 0 Å². The molecule has 0 aromatic rings. The van der Waals surface area contributed by atoms with Crippen molar-refractivity contribution in [3.05, 3.63) is 0 Å². The van der Waals surface area contributed by atoms with Crippen molar-refractivity contribution in [1.82, 2.24) is 4.31 Å². The fourth-order valence-corrected chi connectivity index (χ4v) is 4.28. The molecule has 0 spiro atoms. The number of nitrogens with zero attached hydrogens (tertiary/aromatic N) is 1. The minimum atomic E-state index is -3.16. The van der Waals surface area contributed by atoms with E-state index in [2.05, 4.69) is 0 Å². The first-order valence-electron chi connectivity index (χ1n) is 6.22. The van der Waals surface area contributed by atoms with Crippen molar-refractivity contribution in [1.29, 1.82) is 0 Å². The fourth-order valence-electron chi connectivity index (χ4n) is 2.21. The zero-order valence-electron chi connectivity index (χ0n) is 10.1. The first-order chi connectivity index (χ1) is 7.62. The van der Waals surface area contributed by atoms with Gasteiger partial charge in [0.2, 0.25) is 10.0 Å². The number of unbranched alkanes of at least 4 members (excludes halogenated alkanes) is 1. The monoisotopic (exact) mass is 249 g/mol. The van der Waals surface area contributed by atoms with Gasteiger partial charge in [-0.25, -0.2) is 8.42 Å². The van der Waals surface area contributed by atoms with E-state index in [-0.39, 0.29) is 18.4 Å². The summed E-state index contributed by atoms with van der Waals surface area (Å²) < 4.78 is 26.0. The third kappa shape index (κ3) is 3.43. The largest absolute Gasteiger partial charge is 0.395 e. The molecule has 0 atom stereocenters. The quantitative estimate of drug-likeness (QED) is 0.741. The van der Waals surface area contributed by atoms with Gasteiger partial charge in [-0.2, -0.15) is 4.31 Å². The van der Waals surface area contributed by atoms with E-state index in [4.69, 9.17) is 5.11 Å². The van der Waals surface area contributed by atoms with Gasteiger partial charge in [-0.1, -0.05) is 26.2 Å². The van der Waals surface area contributed by atoms with Crippen molar-refractivity contribution in [2.24, 2.45) is 0 Å². The molecule has 5 heteroatoms. The third-order valence-electron chi connectivity index (χ3n) is 3.19. The van der Waals surface area contributed by atoms with Crippen LogP contribution in [0.15, 0.2) is 0 Å². The summed E-state index contributed by atoms with van der Waals surface area (Å²) >= 11 is 0. The maximum absolute atomic E-state index is 12.2. The lowest BCUT2D eigenvalue weighted by Crippen LogP contribution is -2.40. The Morgan fingerprint density at radius 3 is 2.38 bits per heavy atom. The van der Waals surface area contributed by atoms with Gasteiger partial charge >= 0.3 is 0 Å². The lowest BCUT2D eigenvalue weighted by Gasteiger charge is -2.24. The number of hydrogen-bond donors (Lipinski definition) is 1. The zero-order valence-corrected chi connectivity index (χ0v) is 10.9. The molecule has 0 unspecified atom stereocenters. The number of hydrogen-bond acceptors (Lipinski definition) is 3. The molecule has 0 aromatic carbocycles. The van der Waals surface area contributed by atoms with Crippen LogP contribution < -0.4 is 0 Å².